The summed E-state index contributed by atoms with van der Waals surface area (Å²) in [5.41, 5.74) is 0.961. The van der Waals surface area contributed by atoms with E-state index < -0.39 is 9.84 Å². The average molecular weight is 517 g/mol. The van der Waals surface area contributed by atoms with Crippen molar-refractivity contribution in [1.82, 2.24) is 4.98 Å². The molecule has 1 aromatic heterocycles. The molecule has 6 nitrogen and oxygen atoms in total. The zero-order valence-corrected chi connectivity index (χ0v) is 22.1. The number of hydrogen-bond acceptors (Lipinski definition) is 6. The van der Waals surface area contributed by atoms with Gasteiger partial charge in [-0.2, -0.15) is 0 Å². The summed E-state index contributed by atoms with van der Waals surface area (Å²) in [6.45, 7) is 3.53. The van der Waals surface area contributed by atoms with Crippen LogP contribution >= 0.6 is 0 Å². The lowest BCUT2D eigenvalue weighted by atomic mass is 9.78. The largest absolute Gasteiger partial charge is 0.383 e. The fourth-order valence-corrected chi connectivity index (χ4v) is 7.30. The summed E-state index contributed by atoms with van der Waals surface area (Å²) in [7, 11) is -1.75. The van der Waals surface area contributed by atoms with E-state index in [-0.39, 0.29) is 46.0 Å². The number of aromatic nitrogens is 1. The van der Waals surface area contributed by atoms with Gasteiger partial charge in [-0.3, -0.25) is 4.79 Å². The van der Waals surface area contributed by atoms with Crippen molar-refractivity contribution in [3.05, 3.63) is 54.0 Å². The minimum absolute atomic E-state index is 0.0201. The number of benzene rings is 1. The third-order valence-corrected chi connectivity index (χ3v) is 9.68. The number of halogens is 1. The number of nitrogens with zero attached hydrogens (tertiary/aromatic N) is 2. The first-order valence-electron chi connectivity index (χ1n) is 13.0. The highest BCUT2D eigenvalue weighted by Gasteiger charge is 2.31. The van der Waals surface area contributed by atoms with Gasteiger partial charge in [0, 0.05) is 32.2 Å². The molecule has 1 aromatic carbocycles. The first-order chi connectivity index (χ1) is 17.3. The lowest BCUT2D eigenvalue weighted by Crippen LogP contribution is -2.33. The summed E-state index contributed by atoms with van der Waals surface area (Å²) in [6.07, 6.45) is 6.96. The Morgan fingerprint density at radius 3 is 2.47 bits per heavy atom. The first-order valence-corrected chi connectivity index (χ1v) is 14.6. The third kappa shape index (κ3) is 6.51. The van der Waals surface area contributed by atoms with Gasteiger partial charge in [0.2, 0.25) is 0 Å². The monoisotopic (exact) mass is 516 g/mol. The van der Waals surface area contributed by atoms with Crippen molar-refractivity contribution in [2.75, 3.05) is 30.9 Å². The maximum atomic E-state index is 13.2. The molecule has 0 unspecified atom stereocenters. The van der Waals surface area contributed by atoms with Crippen molar-refractivity contribution in [1.29, 1.82) is 0 Å². The number of carbonyl (C=O) groups excluding carboxylic acids is 1. The number of Topliss-reactive ketones (excluding diaryl/α,β-unsaturated/α-hetero) is 1. The highest BCUT2D eigenvalue weighted by atomic mass is 32.2. The molecule has 196 valence electrons. The normalized spacial score (nSPS) is 23.5. The highest BCUT2D eigenvalue weighted by Crippen LogP contribution is 2.34. The molecule has 1 aliphatic heterocycles. The van der Waals surface area contributed by atoms with E-state index in [9.17, 15) is 17.6 Å². The molecule has 0 bridgehead atoms. The maximum Gasteiger partial charge on any atom is 0.180 e. The second-order valence-corrected chi connectivity index (χ2v) is 12.5. The van der Waals surface area contributed by atoms with Crippen molar-refractivity contribution >= 4 is 21.4 Å². The second kappa shape index (κ2) is 11.8. The fraction of sp³-hybridized carbons (Fsp3) is 0.571. The summed E-state index contributed by atoms with van der Waals surface area (Å²) in [6, 6.07) is 10.1. The summed E-state index contributed by atoms with van der Waals surface area (Å²) < 4.78 is 44.6. The van der Waals surface area contributed by atoms with Crippen LogP contribution in [0.25, 0.3) is 0 Å². The van der Waals surface area contributed by atoms with Crippen LogP contribution in [0, 0.1) is 17.7 Å². The number of carbonyl (C=O) groups is 1. The van der Waals surface area contributed by atoms with Crippen LogP contribution in [0.1, 0.15) is 63.4 Å². The number of rotatable bonds is 10. The molecule has 0 N–H and O–H groups in total. The zero-order valence-electron chi connectivity index (χ0n) is 21.2. The number of pyridine rings is 1. The van der Waals surface area contributed by atoms with E-state index >= 15 is 0 Å². The molecule has 2 aliphatic rings. The maximum absolute atomic E-state index is 13.2. The first kappa shape index (κ1) is 26.7. The van der Waals surface area contributed by atoms with Crippen LogP contribution in [0.5, 0.6) is 0 Å². The Bertz CT molecular complexity index is 1110. The van der Waals surface area contributed by atoms with Gasteiger partial charge in [-0.25, -0.2) is 17.8 Å². The summed E-state index contributed by atoms with van der Waals surface area (Å²) in [4.78, 5) is 19.8. The Kier molecular flexibility index (Phi) is 8.78. The molecule has 1 aliphatic carbocycles. The minimum Gasteiger partial charge on any atom is -0.383 e. The van der Waals surface area contributed by atoms with Crippen LogP contribution in [0.4, 0.5) is 10.2 Å². The molecule has 0 spiro atoms. The standard InChI is InChI=1S/C28H37FN2O4S/c1-20(22-9-11-24(29)12-10-22)16-27(32)23-7-5-21(6-8-23)19-36(33,34)26-13-14-28(30-17-26)31-15-3-4-25(31)18-35-2/h9-14,17,20-21,23,25H,3-8,15-16,18-19H2,1-2H3/t20-,21?,23?,25+/m0/s1. The van der Waals surface area contributed by atoms with E-state index in [4.69, 9.17) is 4.74 Å². The number of ether oxygens (including phenoxy) is 1. The zero-order chi connectivity index (χ0) is 25.7. The van der Waals surface area contributed by atoms with Gasteiger partial charge in [-0.15, -0.1) is 0 Å². The van der Waals surface area contributed by atoms with E-state index in [2.05, 4.69) is 9.88 Å². The van der Waals surface area contributed by atoms with Gasteiger partial charge in [0.05, 0.1) is 23.3 Å². The van der Waals surface area contributed by atoms with Crippen molar-refractivity contribution in [3.8, 4) is 0 Å². The van der Waals surface area contributed by atoms with Gasteiger partial charge in [0.1, 0.15) is 17.4 Å². The molecule has 1 saturated carbocycles. The summed E-state index contributed by atoms with van der Waals surface area (Å²) in [5, 5.41) is 0. The molecule has 0 radical (unpaired) electrons. The summed E-state index contributed by atoms with van der Waals surface area (Å²) >= 11 is 0. The van der Waals surface area contributed by atoms with Gasteiger partial charge < -0.3 is 9.64 Å². The van der Waals surface area contributed by atoms with E-state index in [1.165, 1.54) is 18.3 Å². The molecule has 2 atom stereocenters. The number of ketones is 1. The van der Waals surface area contributed by atoms with Crippen LogP contribution in [0.3, 0.4) is 0 Å². The van der Waals surface area contributed by atoms with E-state index in [0.29, 0.717) is 13.0 Å². The number of sulfone groups is 1. The van der Waals surface area contributed by atoms with Crippen LogP contribution in [0.15, 0.2) is 47.5 Å². The van der Waals surface area contributed by atoms with Gasteiger partial charge in [0.25, 0.3) is 0 Å². The lowest BCUT2D eigenvalue weighted by molar-refractivity contribution is -0.124. The van der Waals surface area contributed by atoms with Crippen LogP contribution in [-0.4, -0.2) is 51.2 Å². The Labute approximate surface area is 214 Å². The summed E-state index contributed by atoms with van der Waals surface area (Å²) in [5.74, 6) is 0.906. The van der Waals surface area contributed by atoms with Gasteiger partial charge in [0.15, 0.2) is 9.84 Å². The molecule has 2 fully saturated rings. The van der Waals surface area contributed by atoms with E-state index in [0.717, 1.165) is 56.5 Å². The van der Waals surface area contributed by atoms with E-state index in [1.807, 2.05) is 6.92 Å². The van der Waals surface area contributed by atoms with Gasteiger partial charge in [-0.1, -0.05) is 19.1 Å². The molecular weight excluding hydrogens is 479 g/mol. The molecule has 2 heterocycles. The van der Waals surface area contributed by atoms with Crippen molar-refractivity contribution < 1.29 is 22.3 Å². The molecule has 8 heteroatoms. The highest BCUT2D eigenvalue weighted by molar-refractivity contribution is 7.91. The topological polar surface area (TPSA) is 76.6 Å². The van der Waals surface area contributed by atoms with Gasteiger partial charge >= 0.3 is 0 Å². The molecular formula is C28H37FN2O4S. The smallest absolute Gasteiger partial charge is 0.180 e. The van der Waals surface area contributed by atoms with Crippen LogP contribution < -0.4 is 4.90 Å². The van der Waals surface area contributed by atoms with Crippen LogP contribution in [0.2, 0.25) is 0 Å². The second-order valence-electron chi connectivity index (χ2n) is 10.4. The minimum atomic E-state index is -3.44. The fourth-order valence-electron chi connectivity index (χ4n) is 5.66. The molecule has 0 amide bonds. The van der Waals surface area contributed by atoms with Crippen LogP contribution in [-0.2, 0) is 19.4 Å². The predicted octanol–water partition coefficient (Wildman–Crippen LogP) is 5.18. The molecule has 36 heavy (non-hydrogen) atoms. The third-order valence-electron chi connectivity index (χ3n) is 7.81. The number of methoxy groups -OCH3 is 1. The van der Waals surface area contributed by atoms with Crippen molar-refractivity contribution in [2.45, 2.75) is 68.7 Å². The average Bonchev–Trinajstić information content (AvgIpc) is 3.33. The Balaban J connectivity index is 1.28. The molecule has 1 saturated heterocycles. The van der Waals surface area contributed by atoms with Crippen molar-refractivity contribution in [2.24, 2.45) is 11.8 Å². The quantitative estimate of drug-likeness (QED) is 0.433. The van der Waals surface area contributed by atoms with Crippen molar-refractivity contribution in [3.63, 3.8) is 0 Å². The lowest BCUT2D eigenvalue weighted by Gasteiger charge is -2.28. The Morgan fingerprint density at radius 1 is 1.11 bits per heavy atom. The Hall–Kier alpha value is -2.32. The predicted molar refractivity (Wildman–Crippen MR) is 138 cm³/mol. The van der Waals surface area contributed by atoms with E-state index in [1.54, 1.807) is 31.4 Å². The number of hydrogen-bond donors (Lipinski definition) is 0. The van der Waals surface area contributed by atoms with Gasteiger partial charge in [-0.05, 0) is 80.2 Å². The SMILES string of the molecule is COC[C@H]1CCCN1c1ccc(S(=O)(=O)CC2CCC(C(=O)C[C@H](C)c3ccc(F)cc3)CC2)cn1. The molecule has 2 aromatic rings. The Morgan fingerprint density at radius 2 is 1.83 bits per heavy atom. The number of anilines is 1. The molecule has 4 rings (SSSR count).